The van der Waals surface area contributed by atoms with Crippen LogP contribution in [-0.4, -0.2) is 11.5 Å². The quantitative estimate of drug-likeness (QED) is 0.857. The number of nitrogens with zero attached hydrogens (tertiary/aromatic N) is 1. The Hall–Kier alpha value is -1.57. The standard InChI is InChI=1S/C15H20N2/c1-4-10-16-15-11(3)13(5-2)17-14-9-7-6-8-12(14)15/h6-9H,4-5,10H2,1-3H3,(H,16,17). The van der Waals surface area contributed by atoms with Crippen LogP contribution < -0.4 is 5.32 Å². The van der Waals surface area contributed by atoms with Gasteiger partial charge in [0, 0.05) is 23.3 Å². The van der Waals surface area contributed by atoms with E-state index in [4.69, 9.17) is 4.98 Å². The third-order valence-corrected chi connectivity index (χ3v) is 3.12. The first-order valence-corrected chi connectivity index (χ1v) is 6.40. The molecule has 0 unspecified atom stereocenters. The molecule has 2 rings (SSSR count). The number of hydrogen-bond donors (Lipinski definition) is 1. The van der Waals surface area contributed by atoms with Gasteiger partial charge in [-0.25, -0.2) is 0 Å². The van der Waals surface area contributed by atoms with Crippen molar-refractivity contribution in [1.29, 1.82) is 0 Å². The summed E-state index contributed by atoms with van der Waals surface area (Å²) in [4.78, 5) is 4.72. The lowest BCUT2D eigenvalue weighted by Gasteiger charge is -2.15. The molecule has 0 radical (unpaired) electrons. The molecule has 0 spiro atoms. The van der Waals surface area contributed by atoms with Crippen LogP contribution in [0.4, 0.5) is 5.69 Å². The van der Waals surface area contributed by atoms with Crippen molar-refractivity contribution in [3.05, 3.63) is 35.5 Å². The van der Waals surface area contributed by atoms with E-state index in [-0.39, 0.29) is 0 Å². The van der Waals surface area contributed by atoms with E-state index in [0.717, 1.165) is 24.9 Å². The minimum Gasteiger partial charge on any atom is -0.384 e. The van der Waals surface area contributed by atoms with Gasteiger partial charge in [0.1, 0.15) is 0 Å². The third-order valence-electron chi connectivity index (χ3n) is 3.12. The van der Waals surface area contributed by atoms with E-state index in [2.05, 4.69) is 44.3 Å². The Morgan fingerprint density at radius 3 is 2.65 bits per heavy atom. The van der Waals surface area contributed by atoms with Gasteiger partial charge in [-0.05, 0) is 31.4 Å². The highest BCUT2D eigenvalue weighted by Crippen LogP contribution is 2.28. The lowest BCUT2D eigenvalue weighted by molar-refractivity contribution is 0.970. The van der Waals surface area contributed by atoms with Gasteiger partial charge in [-0.2, -0.15) is 0 Å². The summed E-state index contributed by atoms with van der Waals surface area (Å²) in [7, 11) is 0. The summed E-state index contributed by atoms with van der Waals surface area (Å²) < 4.78 is 0. The van der Waals surface area contributed by atoms with Gasteiger partial charge in [-0.1, -0.05) is 32.0 Å². The zero-order valence-electron chi connectivity index (χ0n) is 10.9. The molecule has 0 aliphatic carbocycles. The van der Waals surface area contributed by atoms with Crippen molar-refractivity contribution in [3.63, 3.8) is 0 Å². The highest BCUT2D eigenvalue weighted by Gasteiger charge is 2.09. The summed E-state index contributed by atoms with van der Waals surface area (Å²) >= 11 is 0. The molecule has 1 heterocycles. The SMILES string of the molecule is CCCNc1c(C)c(CC)nc2ccccc12. The van der Waals surface area contributed by atoms with Crippen LogP contribution in [0.2, 0.25) is 0 Å². The fourth-order valence-corrected chi connectivity index (χ4v) is 2.18. The van der Waals surface area contributed by atoms with E-state index < -0.39 is 0 Å². The maximum Gasteiger partial charge on any atom is 0.0726 e. The number of aryl methyl sites for hydroxylation is 1. The van der Waals surface area contributed by atoms with Gasteiger partial charge in [0.2, 0.25) is 0 Å². The highest BCUT2D eigenvalue weighted by molar-refractivity contribution is 5.93. The number of benzene rings is 1. The molecule has 1 N–H and O–H groups in total. The molecule has 2 heteroatoms. The summed E-state index contributed by atoms with van der Waals surface area (Å²) in [5, 5.41) is 4.77. The van der Waals surface area contributed by atoms with Crippen molar-refractivity contribution in [2.45, 2.75) is 33.6 Å². The van der Waals surface area contributed by atoms with Crippen molar-refractivity contribution < 1.29 is 0 Å². The Balaban J connectivity index is 2.62. The van der Waals surface area contributed by atoms with Gasteiger partial charge in [0.15, 0.2) is 0 Å². The molecule has 0 aliphatic rings. The van der Waals surface area contributed by atoms with Crippen LogP contribution in [0, 0.1) is 6.92 Å². The summed E-state index contributed by atoms with van der Waals surface area (Å²) in [5.74, 6) is 0. The molecular weight excluding hydrogens is 208 g/mol. The average Bonchev–Trinajstić information content (AvgIpc) is 2.37. The van der Waals surface area contributed by atoms with Crippen LogP contribution in [0.1, 0.15) is 31.5 Å². The number of pyridine rings is 1. The van der Waals surface area contributed by atoms with E-state index in [1.165, 1.54) is 22.3 Å². The first-order chi connectivity index (χ1) is 8.27. The maximum atomic E-state index is 4.72. The number of hydrogen-bond acceptors (Lipinski definition) is 2. The van der Waals surface area contributed by atoms with E-state index in [9.17, 15) is 0 Å². The van der Waals surface area contributed by atoms with Crippen LogP contribution in [0.15, 0.2) is 24.3 Å². The molecule has 0 atom stereocenters. The third kappa shape index (κ3) is 2.26. The topological polar surface area (TPSA) is 24.9 Å². The second-order valence-electron chi connectivity index (χ2n) is 4.36. The minimum atomic E-state index is 0.984. The lowest BCUT2D eigenvalue weighted by Crippen LogP contribution is -2.05. The second-order valence-corrected chi connectivity index (χ2v) is 4.36. The summed E-state index contributed by atoms with van der Waals surface area (Å²) in [6.07, 6.45) is 2.12. The molecule has 0 amide bonds. The normalized spacial score (nSPS) is 10.8. The predicted molar refractivity (Wildman–Crippen MR) is 74.6 cm³/mol. The molecule has 1 aromatic carbocycles. The van der Waals surface area contributed by atoms with Gasteiger partial charge in [-0.15, -0.1) is 0 Å². The molecular formula is C15H20N2. The number of nitrogens with one attached hydrogen (secondary N) is 1. The number of anilines is 1. The Bertz CT molecular complexity index is 518. The monoisotopic (exact) mass is 228 g/mol. The van der Waals surface area contributed by atoms with Gasteiger partial charge in [0.05, 0.1) is 5.52 Å². The predicted octanol–water partition coefficient (Wildman–Crippen LogP) is 3.93. The summed E-state index contributed by atoms with van der Waals surface area (Å²) in [5.41, 5.74) is 4.84. The van der Waals surface area contributed by atoms with Gasteiger partial charge in [0.25, 0.3) is 0 Å². The van der Waals surface area contributed by atoms with E-state index in [0.29, 0.717) is 0 Å². The lowest BCUT2D eigenvalue weighted by atomic mass is 10.1. The van der Waals surface area contributed by atoms with Crippen LogP contribution in [0.5, 0.6) is 0 Å². The molecule has 2 nitrogen and oxygen atoms in total. The second kappa shape index (κ2) is 5.17. The van der Waals surface area contributed by atoms with Crippen molar-refractivity contribution in [2.75, 3.05) is 11.9 Å². The Morgan fingerprint density at radius 1 is 1.18 bits per heavy atom. The minimum absolute atomic E-state index is 0.984. The smallest absolute Gasteiger partial charge is 0.0726 e. The van der Waals surface area contributed by atoms with Gasteiger partial charge in [-0.3, -0.25) is 4.98 Å². The van der Waals surface area contributed by atoms with Crippen molar-refractivity contribution >= 4 is 16.6 Å². The fraction of sp³-hybridized carbons (Fsp3) is 0.400. The molecule has 2 aromatic rings. The number of para-hydroxylation sites is 1. The van der Waals surface area contributed by atoms with Crippen molar-refractivity contribution in [2.24, 2.45) is 0 Å². The summed E-state index contributed by atoms with van der Waals surface area (Å²) in [6, 6.07) is 8.36. The van der Waals surface area contributed by atoms with Crippen LogP contribution in [0.3, 0.4) is 0 Å². The molecule has 0 bridgehead atoms. The zero-order valence-corrected chi connectivity index (χ0v) is 10.9. The molecule has 17 heavy (non-hydrogen) atoms. The molecule has 0 aliphatic heterocycles. The number of fused-ring (bicyclic) bond motifs is 1. The van der Waals surface area contributed by atoms with Gasteiger partial charge < -0.3 is 5.32 Å². The first kappa shape index (κ1) is 11.9. The molecule has 1 aromatic heterocycles. The highest BCUT2D eigenvalue weighted by atomic mass is 14.9. The first-order valence-electron chi connectivity index (χ1n) is 6.40. The largest absolute Gasteiger partial charge is 0.384 e. The maximum absolute atomic E-state index is 4.72. The Labute approximate surface area is 103 Å². The number of rotatable bonds is 4. The molecule has 90 valence electrons. The van der Waals surface area contributed by atoms with Crippen LogP contribution in [0.25, 0.3) is 10.9 Å². The van der Waals surface area contributed by atoms with Crippen molar-refractivity contribution in [3.8, 4) is 0 Å². The van der Waals surface area contributed by atoms with Gasteiger partial charge >= 0.3 is 0 Å². The van der Waals surface area contributed by atoms with E-state index in [1.807, 2.05) is 6.07 Å². The van der Waals surface area contributed by atoms with Crippen LogP contribution in [-0.2, 0) is 6.42 Å². The zero-order chi connectivity index (χ0) is 12.3. The Kier molecular flexibility index (Phi) is 3.62. The Morgan fingerprint density at radius 2 is 1.94 bits per heavy atom. The molecule has 0 saturated carbocycles. The fourth-order valence-electron chi connectivity index (χ4n) is 2.18. The van der Waals surface area contributed by atoms with E-state index in [1.54, 1.807) is 0 Å². The van der Waals surface area contributed by atoms with Crippen molar-refractivity contribution in [1.82, 2.24) is 4.98 Å². The summed E-state index contributed by atoms with van der Waals surface area (Å²) in [6.45, 7) is 7.52. The van der Waals surface area contributed by atoms with E-state index >= 15 is 0 Å². The molecule has 0 fully saturated rings. The van der Waals surface area contributed by atoms with Crippen LogP contribution >= 0.6 is 0 Å². The number of aromatic nitrogens is 1. The average molecular weight is 228 g/mol. The molecule has 0 saturated heterocycles.